The van der Waals surface area contributed by atoms with Crippen molar-refractivity contribution in [3.05, 3.63) is 83.4 Å². The third kappa shape index (κ3) is 2.80. The van der Waals surface area contributed by atoms with Gasteiger partial charge in [-0.1, -0.05) is 66.2 Å². The van der Waals surface area contributed by atoms with Crippen LogP contribution in [-0.4, -0.2) is 5.11 Å². The highest BCUT2D eigenvalue weighted by atomic mass is 35.5. The predicted octanol–water partition coefficient (Wildman–Crippen LogP) is 6.54. The molecule has 0 radical (unpaired) electrons. The van der Waals surface area contributed by atoms with E-state index < -0.39 is 5.60 Å². The summed E-state index contributed by atoms with van der Waals surface area (Å²) in [6.07, 6.45) is 0. The Morgan fingerprint density at radius 3 is 2.08 bits per heavy atom. The third-order valence-electron chi connectivity index (χ3n) is 4.70. The smallest absolute Gasteiger partial charge is 0.0847 e. The first-order valence-corrected chi connectivity index (χ1v) is 8.76. The lowest BCUT2D eigenvalue weighted by Crippen LogP contribution is -2.16. The summed E-state index contributed by atoms with van der Waals surface area (Å²) in [6.45, 7) is 3.59. The van der Waals surface area contributed by atoms with Gasteiger partial charge in [0.25, 0.3) is 0 Å². The van der Waals surface area contributed by atoms with Crippen molar-refractivity contribution in [2.24, 2.45) is 0 Å². The number of hydrogen-bond acceptors (Lipinski definition) is 1. The topological polar surface area (TPSA) is 20.2 Å². The molecule has 1 nitrogen and oxygen atoms in total. The lowest BCUT2D eigenvalue weighted by Gasteiger charge is -2.23. The SMILES string of the molecule is CC(C)(O)c1cc(Cl)ccc1-c1cc2ccccc2c2ccccc12. The zero-order valence-electron chi connectivity index (χ0n) is 14.3. The molecule has 0 atom stereocenters. The van der Waals surface area contributed by atoms with Gasteiger partial charge in [-0.15, -0.1) is 0 Å². The van der Waals surface area contributed by atoms with E-state index in [0.29, 0.717) is 5.02 Å². The first kappa shape index (κ1) is 16.1. The van der Waals surface area contributed by atoms with E-state index in [1.165, 1.54) is 21.5 Å². The summed E-state index contributed by atoms with van der Waals surface area (Å²) < 4.78 is 0. The molecule has 0 bridgehead atoms. The van der Waals surface area contributed by atoms with Gasteiger partial charge in [0.05, 0.1) is 5.60 Å². The summed E-state index contributed by atoms with van der Waals surface area (Å²) in [5, 5.41) is 16.1. The predicted molar refractivity (Wildman–Crippen MR) is 107 cm³/mol. The molecule has 124 valence electrons. The Bertz CT molecular complexity index is 1090. The van der Waals surface area contributed by atoms with Gasteiger partial charge in [-0.25, -0.2) is 0 Å². The maximum absolute atomic E-state index is 10.7. The van der Waals surface area contributed by atoms with Crippen molar-refractivity contribution in [1.82, 2.24) is 0 Å². The van der Waals surface area contributed by atoms with Crippen molar-refractivity contribution in [1.29, 1.82) is 0 Å². The highest BCUT2D eigenvalue weighted by Gasteiger charge is 2.22. The van der Waals surface area contributed by atoms with Crippen molar-refractivity contribution in [2.45, 2.75) is 19.4 Å². The Hall–Kier alpha value is -2.35. The Kier molecular flexibility index (Phi) is 3.79. The lowest BCUT2D eigenvalue weighted by molar-refractivity contribution is 0.0792. The van der Waals surface area contributed by atoms with E-state index in [1.807, 2.05) is 18.2 Å². The van der Waals surface area contributed by atoms with Crippen LogP contribution in [-0.2, 0) is 5.60 Å². The average Bonchev–Trinajstić information content (AvgIpc) is 2.60. The number of hydrogen-bond donors (Lipinski definition) is 1. The van der Waals surface area contributed by atoms with E-state index in [0.717, 1.165) is 16.7 Å². The van der Waals surface area contributed by atoms with Crippen LogP contribution in [0.4, 0.5) is 0 Å². The standard InChI is InChI=1S/C23H19ClO/c1-23(2,25)22-14-16(24)11-12-20(22)21-13-15-7-3-4-8-17(15)18-9-5-6-10-19(18)21/h3-14,25H,1-2H3. The molecule has 0 aliphatic heterocycles. The number of benzene rings is 4. The van der Waals surface area contributed by atoms with Crippen molar-refractivity contribution in [2.75, 3.05) is 0 Å². The zero-order chi connectivity index (χ0) is 17.6. The van der Waals surface area contributed by atoms with E-state index in [9.17, 15) is 5.11 Å². The molecule has 2 heteroatoms. The molecule has 1 N–H and O–H groups in total. The van der Waals surface area contributed by atoms with Gasteiger partial charge in [-0.2, -0.15) is 0 Å². The lowest BCUT2D eigenvalue weighted by atomic mass is 9.86. The molecule has 0 saturated carbocycles. The molecule has 0 saturated heterocycles. The number of halogens is 1. The number of aliphatic hydroxyl groups is 1. The Balaban J connectivity index is 2.15. The van der Waals surface area contributed by atoms with Crippen LogP contribution in [0.2, 0.25) is 5.02 Å². The normalized spacial score (nSPS) is 12.0. The first-order valence-electron chi connectivity index (χ1n) is 8.38. The van der Waals surface area contributed by atoms with Crippen LogP contribution < -0.4 is 0 Å². The monoisotopic (exact) mass is 346 g/mol. The maximum atomic E-state index is 10.7. The number of fused-ring (bicyclic) bond motifs is 3. The molecule has 4 rings (SSSR count). The van der Waals surface area contributed by atoms with E-state index in [1.54, 1.807) is 13.8 Å². The Labute approximate surface area is 152 Å². The Morgan fingerprint density at radius 2 is 1.36 bits per heavy atom. The molecule has 0 amide bonds. The highest BCUT2D eigenvalue weighted by Crippen LogP contribution is 2.39. The van der Waals surface area contributed by atoms with Crippen LogP contribution in [0, 0.1) is 0 Å². The van der Waals surface area contributed by atoms with Gasteiger partial charge in [0.15, 0.2) is 0 Å². The van der Waals surface area contributed by atoms with Crippen LogP contribution in [0.5, 0.6) is 0 Å². The Morgan fingerprint density at radius 1 is 0.720 bits per heavy atom. The minimum absolute atomic E-state index is 0.631. The van der Waals surface area contributed by atoms with Crippen LogP contribution >= 0.6 is 11.6 Å². The van der Waals surface area contributed by atoms with Gasteiger partial charge in [0.2, 0.25) is 0 Å². The first-order chi connectivity index (χ1) is 11.9. The van der Waals surface area contributed by atoms with E-state index in [2.05, 4.69) is 54.6 Å². The second-order valence-electron chi connectivity index (χ2n) is 6.94. The molecule has 0 heterocycles. The largest absolute Gasteiger partial charge is 0.386 e. The second-order valence-corrected chi connectivity index (χ2v) is 7.38. The average molecular weight is 347 g/mol. The van der Waals surface area contributed by atoms with Crippen LogP contribution in [0.3, 0.4) is 0 Å². The summed E-state index contributed by atoms with van der Waals surface area (Å²) in [7, 11) is 0. The van der Waals surface area contributed by atoms with E-state index in [4.69, 9.17) is 11.6 Å². The molecule has 4 aromatic rings. The summed E-state index contributed by atoms with van der Waals surface area (Å²) in [4.78, 5) is 0. The number of rotatable bonds is 2. The quantitative estimate of drug-likeness (QED) is 0.408. The molecule has 25 heavy (non-hydrogen) atoms. The summed E-state index contributed by atoms with van der Waals surface area (Å²) >= 11 is 6.21. The highest BCUT2D eigenvalue weighted by molar-refractivity contribution is 6.30. The molecule has 0 aliphatic carbocycles. The van der Waals surface area contributed by atoms with Gasteiger partial charge in [0, 0.05) is 5.02 Å². The zero-order valence-corrected chi connectivity index (χ0v) is 15.0. The summed E-state index contributed by atoms with van der Waals surface area (Å²) in [6, 6.07) is 24.8. The van der Waals surface area contributed by atoms with Gasteiger partial charge in [-0.05, 0) is 70.3 Å². The van der Waals surface area contributed by atoms with Gasteiger partial charge < -0.3 is 5.11 Å². The van der Waals surface area contributed by atoms with Crippen LogP contribution in [0.25, 0.3) is 32.7 Å². The van der Waals surface area contributed by atoms with Crippen molar-refractivity contribution < 1.29 is 5.11 Å². The van der Waals surface area contributed by atoms with Crippen LogP contribution in [0.15, 0.2) is 72.8 Å². The molecular weight excluding hydrogens is 328 g/mol. The van der Waals surface area contributed by atoms with Crippen molar-refractivity contribution in [3.63, 3.8) is 0 Å². The molecule has 0 aromatic heterocycles. The summed E-state index contributed by atoms with van der Waals surface area (Å²) in [5.41, 5.74) is 1.98. The minimum Gasteiger partial charge on any atom is -0.386 e. The molecule has 0 aliphatic rings. The van der Waals surface area contributed by atoms with E-state index in [-0.39, 0.29) is 0 Å². The van der Waals surface area contributed by atoms with Crippen LogP contribution in [0.1, 0.15) is 19.4 Å². The fraction of sp³-hybridized carbons (Fsp3) is 0.130. The van der Waals surface area contributed by atoms with Gasteiger partial charge >= 0.3 is 0 Å². The third-order valence-corrected chi connectivity index (χ3v) is 4.93. The molecule has 0 spiro atoms. The fourth-order valence-corrected chi connectivity index (χ4v) is 3.71. The van der Waals surface area contributed by atoms with Crippen molar-refractivity contribution in [3.8, 4) is 11.1 Å². The molecular formula is C23H19ClO. The van der Waals surface area contributed by atoms with E-state index >= 15 is 0 Å². The molecule has 0 unspecified atom stereocenters. The summed E-state index contributed by atoms with van der Waals surface area (Å²) in [5.74, 6) is 0. The molecule has 4 aromatic carbocycles. The van der Waals surface area contributed by atoms with Gasteiger partial charge in [-0.3, -0.25) is 0 Å². The van der Waals surface area contributed by atoms with Crippen molar-refractivity contribution >= 4 is 33.1 Å². The van der Waals surface area contributed by atoms with Gasteiger partial charge in [0.1, 0.15) is 0 Å². The fourth-order valence-electron chi connectivity index (χ4n) is 3.53. The minimum atomic E-state index is -0.979. The maximum Gasteiger partial charge on any atom is 0.0847 e. The second kappa shape index (κ2) is 5.87. The molecule has 0 fully saturated rings.